The SMILES string of the molecule is CC1(O)CCCCN2c3nc(OC[C@@]45CCCN4C[C@H](F)C5)nc4c(F)c(-c5ccc(F)c6sc(C(F)F)c(C#N)c56)c(Cl)c(c34)OCC21. The molecule has 0 spiro atoms. The monoisotopic (exact) mass is 719 g/mol. The maximum Gasteiger partial charge on any atom is 0.319 e. The van der Waals surface area contributed by atoms with Crippen LogP contribution in [0.5, 0.6) is 11.8 Å². The standard InChI is InChI=1S/C34H31ClF5N5O3S/c1-33(46)7-2-3-10-45-20(33)14-47-27-23-26(42-32(43-31(23)45)48-15-34-8-4-9-44(34)13-16(36)11-34)25(38)22(24(27)35)17-5-6-19(37)29-21(17)18(12-41)28(49-29)30(39)40/h5-6,16,20,30,46H,2-4,7-11,13-15H2,1H3/t16-,20?,33?,34+/m1/s1. The highest BCUT2D eigenvalue weighted by molar-refractivity contribution is 7.19. The van der Waals surface area contributed by atoms with Gasteiger partial charge in [-0.25, -0.2) is 22.0 Å². The molecule has 0 radical (unpaired) electrons. The molecule has 0 aliphatic carbocycles. The fourth-order valence-corrected chi connectivity index (χ4v) is 9.67. The summed E-state index contributed by atoms with van der Waals surface area (Å²) in [4.78, 5) is 12.6. The molecule has 15 heteroatoms. The molecule has 8 nitrogen and oxygen atoms in total. The van der Waals surface area contributed by atoms with Gasteiger partial charge in [0.15, 0.2) is 11.6 Å². The molecule has 4 aromatic rings. The zero-order valence-electron chi connectivity index (χ0n) is 26.3. The normalized spacial score (nSPS) is 26.8. The molecule has 2 aromatic heterocycles. The molecule has 3 fully saturated rings. The number of aromatic nitrogens is 2. The predicted octanol–water partition coefficient (Wildman–Crippen LogP) is 7.71. The van der Waals surface area contributed by atoms with Crippen molar-refractivity contribution in [3.8, 4) is 29.0 Å². The predicted molar refractivity (Wildman–Crippen MR) is 175 cm³/mol. The van der Waals surface area contributed by atoms with E-state index in [1.807, 2.05) is 4.90 Å². The van der Waals surface area contributed by atoms with E-state index in [1.54, 1.807) is 13.0 Å². The fraction of sp³-hybridized carbons (Fsp3) is 0.500. The molecule has 0 amide bonds. The number of aliphatic hydroxyl groups is 1. The largest absolute Gasteiger partial charge is 0.489 e. The number of thiophene rings is 1. The molecular weight excluding hydrogens is 689 g/mol. The number of rotatable bonds is 5. The van der Waals surface area contributed by atoms with Crippen LogP contribution in [0.4, 0.5) is 27.8 Å². The van der Waals surface area contributed by atoms with Crippen LogP contribution in [0.3, 0.4) is 0 Å². The molecule has 0 saturated carbocycles. The highest BCUT2D eigenvalue weighted by Crippen LogP contribution is 2.52. The molecule has 2 unspecified atom stereocenters. The number of benzene rings is 2. The Morgan fingerprint density at radius 3 is 2.78 bits per heavy atom. The van der Waals surface area contributed by atoms with Crippen LogP contribution in [0.1, 0.15) is 62.3 Å². The lowest BCUT2D eigenvalue weighted by Gasteiger charge is -2.38. The van der Waals surface area contributed by atoms with E-state index in [0.717, 1.165) is 31.9 Å². The van der Waals surface area contributed by atoms with Crippen molar-refractivity contribution in [2.75, 3.05) is 37.7 Å². The van der Waals surface area contributed by atoms with Crippen molar-refractivity contribution in [2.45, 2.75) is 75.2 Å². The van der Waals surface area contributed by atoms with Gasteiger partial charge in [0, 0.05) is 30.5 Å². The summed E-state index contributed by atoms with van der Waals surface area (Å²) in [6.45, 7) is 3.21. The van der Waals surface area contributed by atoms with E-state index in [2.05, 4.69) is 9.88 Å². The molecule has 258 valence electrons. The molecule has 4 atom stereocenters. The van der Waals surface area contributed by atoms with Crippen molar-refractivity contribution in [3.63, 3.8) is 0 Å². The van der Waals surface area contributed by atoms with Crippen molar-refractivity contribution in [2.24, 2.45) is 0 Å². The number of alkyl halides is 3. The average Bonchev–Trinajstić information content (AvgIpc) is 3.66. The summed E-state index contributed by atoms with van der Waals surface area (Å²) in [6, 6.07) is 3.15. The summed E-state index contributed by atoms with van der Waals surface area (Å²) in [6.07, 6.45) is -0.282. The Kier molecular flexibility index (Phi) is 7.86. The molecular formula is C34H31ClF5N5O3S. The smallest absolute Gasteiger partial charge is 0.319 e. The average molecular weight is 720 g/mol. The van der Waals surface area contributed by atoms with Crippen molar-refractivity contribution >= 4 is 49.7 Å². The Labute approximate surface area is 287 Å². The van der Waals surface area contributed by atoms with Gasteiger partial charge in [0.2, 0.25) is 0 Å². The summed E-state index contributed by atoms with van der Waals surface area (Å²) >= 11 is 7.40. The molecule has 3 saturated heterocycles. The number of halogens is 6. The Morgan fingerprint density at radius 2 is 2.00 bits per heavy atom. The third kappa shape index (κ3) is 5.02. The van der Waals surface area contributed by atoms with Gasteiger partial charge in [-0.05, 0) is 57.2 Å². The number of fused-ring (bicyclic) bond motifs is 4. The summed E-state index contributed by atoms with van der Waals surface area (Å²) < 4.78 is 87.1. The van der Waals surface area contributed by atoms with Gasteiger partial charge in [-0.2, -0.15) is 15.2 Å². The van der Waals surface area contributed by atoms with Gasteiger partial charge in [0.25, 0.3) is 6.43 Å². The molecule has 8 rings (SSSR count). The van der Waals surface area contributed by atoms with Crippen LogP contribution in [0.2, 0.25) is 5.02 Å². The van der Waals surface area contributed by atoms with E-state index in [9.17, 15) is 23.5 Å². The minimum atomic E-state index is -3.07. The minimum absolute atomic E-state index is 0.00425. The van der Waals surface area contributed by atoms with Crippen molar-refractivity contribution < 1.29 is 36.5 Å². The third-order valence-electron chi connectivity index (χ3n) is 10.7. The Bertz CT molecular complexity index is 2060. The number of hydrogen-bond acceptors (Lipinski definition) is 9. The van der Waals surface area contributed by atoms with Crippen LogP contribution in [-0.4, -0.2) is 76.2 Å². The summed E-state index contributed by atoms with van der Waals surface area (Å²) in [5.41, 5.74) is -2.93. The summed E-state index contributed by atoms with van der Waals surface area (Å²) in [5, 5.41) is 21.2. The van der Waals surface area contributed by atoms with Gasteiger partial charge >= 0.3 is 6.01 Å². The van der Waals surface area contributed by atoms with Gasteiger partial charge in [0.05, 0.1) is 42.7 Å². The number of nitrogens with zero attached hydrogens (tertiary/aromatic N) is 5. The lowest BCUT2D eigenvalue weighted by atomic mass is 9.92. The van der Waals surface area contributed by atoms with E-state index < -0.39 is 51.9 Å². The number of anilines is 1. The van der Waals surface area contributed by atoms with Crippen LogP contribution < -0.4 is 14.4 Å². The maximum atomic E-state index is 17.2. The second kappa shape index (κ2) is 11.8. The van der Waals surface area contributed by atoms with Crippen LogP contribution in [-0.2, 0) is 0 Å². The van der Waals surface area contributed by atoms with Gasteiger partial charge in [-0.1, -0.05) is 17.7 Å². The quantitative estimate of drug-likeness (QED) is 0.210. The minimum Gasteiger partial charge on any atom is -0.489 e. The number of hydrogen-bond donors (Lipinski definition) is 1. The van der Waals surface area contributed by atoms with Gasteiger partial charge in [0.1, 0.15) is 42.6 Å². The molecule has 0 bridgehead atoms. The zero-order valence-corrected chi connectivity index (χ0v) is 27.9. The first-order valence-electron chi connectivity index (χ1n) is 16.2. The first-order valence-corrected chi connectivity index (χ1v) is 17.4. The fourth-order valence-electron chi connectivity index (χ4n) is 8.30. The Hall–Kier alpha value is -3.51. The lowest BCUT2D eigenvalue weighted by Crippen LogP contribution is -2.53. The van der Waals surface area contributed by atoms with E-state index in [1.165, 1.54) is 6.07 Å². The number of nitriles is 1. The van der Waals surface area contributed by atoms with Crippen LogP contribution in [0, 0.1) is 23.0 Å². The van der Waals surface area contributed by atoms with E-state index in [4.69, 9.17) is 26.1 Å². The van der Waals surface area contributed by atoms with E-state index in [0.29, 0.717) is 43.7 Å². The maximum absolute atomic E-state index is 17.2. The first-order chi connectivity index (χ1) is 23.4. The van der Waals surface area contributed by atoms with Crippen LogP contribution >= 0.6 is 22.9 Å². The van der Waals surface area contributed by atoms with Gasteiger partial charge < -0.3 is 19.5 Å². The molecule has 4 aliphatic rings. The van der Waals surface area contributed by atoms with Crippen molar-refractivity contribution in [1.29, 1.82) is 5.26 Å². The third-order valence-corrected chi connectivity index (χ3v) is 12.2. The number of ether oxygens (including phenoxy) is 2. The Balaban J connectivity index is 1.37. The van der Waals surface area contributed by atoms with E-state index >= 15 is 8.78 Å². The molecule has 49 heavy (non-hydrogen) atoms. The van der Waals surface area contributed by atoms with Crippen molar-refractivity contribution in [3.05, 3.63) is 39.2 Å². The molecule has 6 heterocycles. The highest BCUT2D eigenvalue weighted by Gasteiger charge is 2.50. The van der Waals surface area contributed by atoms with Gasteiger partial charge in [-0.15, -0.1) is 11.3 Å². The summed E-state index contributed by atoms with van der Waals surface area (Å²) in [5.74, 6) is -1.60. The Morgan fingerprint density at radius 1 is 1.18 bits per heavy atom. The van der Waals surface area contributed by atoms with E-state index in [-0.39, 0.29) is 67.9 Å². The molecule has 4 aliphatic heterocycles. The molecule has 2 aromatic carbocycles. The zero-order chi connectivity index (χ0) is 34.4. The topological polar surface area (TPSA) is 94.7 Å². The van der Waals surface area contributed by atoms with Crippen LogP contribution in [0.15, 0.2) is 12.1 Å². The van der Waals surface area contributed by atoms with Crippen LogP contribution in [0.25, 0.3) is 32.1 Å². The summed E-state index contributed by atoms with van der Waals surface area (Å²) in [7, 11) is 0. The first kappa shape index (κ1) is 32.7. The second-order valence-electron chi connectivity index (χ2n) is 13.6. The highest BCUT2D eigenvalue weighted by atomic mass is 35.5. The molecule has 1 N–H and O–H groups in total. The van der Waals surface area contributed by atoms with Crippen molar-refractivity contribution in [1.82, 2.24) is 14.9 Å². The lowest BCUT2D eigenvalue weighted by molar-refractivity contribution is 0.0114. The second-order valence-corrected chi connectivity index (χ2v) is 15.1. The van der Waals surface area contributed by atoms with Gasteiger partial charge in [-0.3, -0.25) is 4.90 Å².